The first-order valence-electron chi connectivity index (χ1n) is 10.4. The molecule has 8 heteroatoms. The number of carbonyl (C=O) groups is 2. The summed E-state index contributed by atoms with van der Waals surface area (Å²) in [6.07, 6.45) is 7.42. The monoisotopic (exact) mass is 401 g/mol. The number of hydrogen-bond donors (Lipinski definition) is 5. The molecule has 1 saturated carbocycles. The third kappa shape index (κ3) is 5.47. The van der Waals surface area contributed by atoms with Gasteiger partial charge >= 0.3 is 0 Å². The minimum absolute atomic E-state index is 0.0170. The highest BCUT2D eigenvalue weighted by molar-refractivity contribution is 5.97. The first kappa shape index (κ1) is 21.1. The Hall–Kier alpha value is -2.61. The molecule has 0 aromatic heterocycles. The number of carbonyl (C=O) groups excluding carboxylic acids is 2. The number of nitrogens with one attached hydrogen (secondary N) is 3. The first-order valence-corrected chi connectivity index (χ1v) is 10.4. The van der Waals surface area contributed by atoms with E-state index in [0.717, 1.165) is 19.3 Å². The summed E-state index contributed by atoms with van der Waals surface area (Å²) in [5.74, 6) is -0.490. The molecule has 1 heterocycles. The first-order chi connectivity index (χ1) is 14.0. The summed E-state index contributed by atoms with van der Waals surface area (Å²) in [6.45, 7) is 1.13. The van der Waals surface area contributed by atoms with Gasteiger partial charge in [-0.3, -0.25) is 15.0 Å². The van der Waals surface area contributed by atoms with Crippen molar-refractivity contribution < 1.29 is 14.7 Å². The number of aromatic hydroxyl groups is 1. The van der Waals surface area contributed by atoms with Gasteiger partial charge in [0.2, 0.25) is 11.8 Å². The predicted octanol–water partition coefficient (Wildman–Crippen LogP) is 1.21. The number of nitrogens with two attached hydrogens (primary N) is 1. The van der Waals surface area contributed by atoms with E-state index in [2.05, 4.69) is 10.6 Å². The smallest absolute Gasteiger partial charge is 0.243 e. The molecule has 2 aliphatic rings. The summed E-state index contributed by atoms with van der Waals surface area (Å²) in [5.41, 5.74) is 6.36. The van der Waals surface area contributed by atoms with Crippen LogP contribution in [0.2, 0.25) is 0 Å². The Morgan fingerprint density at radius 3 is 2.62 bits per heavy atom. The molecule has 1 saturated heterocycles. The van der Waals surface area contributed by atoms with Gasteiger partial charge in [-0.25, -0.2) is 0 Å². The van der Waals surface area contributed by atoms with E-state index < -0.39 is 6.04 Å². The van der Waals surface area contributed by atoms with Crippen molar-refractivity contribution in [1.29, 1.82) is 5.41 Å². The zero-order valence-electron chi connectivity index (χ0n) is 16.7. The fourth-order valence-corrected chi connectivity index (χ4v) is 4.20. The van der Waals surface area contributed by atoms with Gasteiger partial charge in [-0.1, -0.05) is 25.3 Å². The zero-order valence-corrected chi connectivity index (χ0v) is 16.7. The molecule has 3 rings (SSSR count). The molecule has 0 bridgehead atoms. The predicted molar refractivity (Wildman–Crippen MR) is 111 cm³/mol. The molecule has 29 heavy (non-hydrogen) atoms. The van der Waals surface area contributed by atoms with Crippen LogP contribution in [-0.4, -0.2) is 52.8 Å². The molecule has 1 aromatic carbocycles. The van der Waals surface area contributed by atoms with Crippen LogP contribution in [-0.2, 0) is 16.1 Å². The number of amides is 2. The number of phenolic OH excluding ortho intramolecular Hbond substituents is 1. The fourth-order valence-electron chi connectivity index (χ4n) is 4.20. The van der Waals surface area contributed by atoms with Crippen LogP contribution < -0.4 is 16.4 Å². The standard InChI is InChI=1S/C21H31N5O3/c22-20(23)16-9-8-14(11-18(16)27)12-25-21(29)17-7-4-10-26(17)19(28)13-24-15-5-2-1-3-6-15/h8-9,11,15,17,24,27H,1-7,10,12-13H2,(H3,22,23)(H,25,29)/t17-/m0/s1. The summed E-state index contributed by atoms with van der Waals surface area (Å²) in [5, 5.41) is 23.5. The molecule has 1 aliphatic heterocycles. The molecule has 0 unspecified atom stereocenters. The third-order valence-electron chi connectivity index (χ3n) is 5.84. The molecule has 1 aromatic rings. The maximum absolute atomic E-state index is 12.7. The van der Waals surface area contributed by atoms with Crippen LogP contribution >= 0.6 is 0 Å². The second-order valence-electron chi connectivity index (χ2n) is 7.94. The van der Waals surface area contributed by atoms with E-state index in [-0.39, 0.29) is 42.1 Å². The average Bonchev–Trinajstić information content (AvgIpc) is 3.21. The Labute approximate surface area is 171 Å². The Kier molecular flexibility index (Phi) is 7.09. The lowest BCUT2D eigenvalue weighted by molar-refractivity contribution is -0.138. The summed E-state index contributed by atoms with van der Waals surface area (Å²) in [4.78, 5) is 27.0. The molecule has 0 radical (unpaired) electrons. The number of nitrogens with zero attached hydrogens (tertiary/aromatic N) is 1. The van der Waals surface area contributed by atoms with Gasteiger partial charge in [0, 0.05) is 19.1 Å². The summed E-state index contributed by atoms with van der Waals surface area (Å²) >= 11 is 0. The van der Waals surface area contributed by atoms with E-state index >= 15 is 0 Å². The normalized spacial score (nSPS) is 19.9. The molecule has 8 nitrogen and oxygen atoms in total. The number of nitrogen functional groups attached to an aromatic ring is 1. The van der Waals surface area contributed by atoms with E-state index in [9.17, 15) is 14.7 Å². The van der Waals surface area contributed by atoms with E-state index in [1.165, 1.54) is 25.3 Å². The Morgan fingerprint density at radius 2 is 1.93 bits per heavy atom. The zero-order chi connectivity index (χ0) is 20.8. The van der Waals surface area contributed by atoms with Crippen molar-refractivity contribution in [3.05, 3.63) is 29.3 Å². The average molecular weight is 402 g/mol. The van der Waals surface area contributed by atoms with Gasteiger partial charge in [0.25, 0.3) is 0 Å². The van der Waals surface area contributed by atoms with Crippen molar-refractivity contribution in [3.8, 4) is 5.75 Å². The number of likely N-dealkylation sites (tertiary alicyclic amines) is 1. The molecule has 1 aliphatic carbocycles. The number of hydrogen-bond acceptors (Lipinski definition) is 5. The second kappa shape index (κ2) is 9.73. The van der Waals surface area contributed by atoms with Crippen LogP contribution in [0, 0.1) is 5.41 Å². The molecule has 1 atom stereocenters. The molecule has 0 spiro atoms. The van der Waals surface area contributed by atoms with Crippen molar-refractivity contribution in [1.82, 2.24) is 15.5 Å². The number of phenols is 1. The van der Waals surface area contributed by atoms with E-state index in [4.69, 9.17) is 11.1 Å². The molecular weight excluding hydrogens is 370 g/mol. The minimum Gasteiger partial charge on any atom is -0.507 e. The highest BCUT2D eigenvalue weighted by atomic mass is 16.3. The molecular formula is C21H31N5O3. The number of rotatable bonds is 7. The van der Waals surface area contributed by atoms with E-state index in [1.807, 2.05) is 0 Å². The summed E-state index contributed by atoms with van der Waals surface area (Å²) < 4.78 is 0. The van der Waals surface area contributed by atoms with Gasteiger partial charge in [0.15, 0.2) is 0 Å². The minimum atomic E-state index is -0.444. The Balaban J connectivity index is 1.50. The van der Waals surface area contributed by atoms with Gasteiger partial charge < -0.3 is 26.4 Å². The summed E-state index contributed by atoms with van der Waals surface area (Å²) in [7, 11) is 0. The Morgan fingerprint density at radius 1 is 1.17 bits per heavy atom. The molecule has 2 amide bonds. The maximum Gasteiger partial charge on any atom is 0.243 e. The highest BCUT2D eigenvalue weighted by Gasteiger charge is 2.33. The molecule has 2 fully saturated rings. The maximum atomic E-state index is 12.7. The van der Waals surface area contributed by atoms with E-state index in [1.54, 1.807) is 17.0 Å². The lowest BCUT2D eigenvalue weighted by Gasteiger charge is -2.27. The van der Waals surface area contributed by atoms with Gasteiger partial charge in [-0.2, -0.15) is 0 Å². The van der Waals surface area contributed by atoms with Gasteiger partial charge in [0.1, 0.15) is 17.6 Å². The topological polar surface area (TPSA) is 132 Å². The van der Waals surface area contributed by atoms with Crippen molar-refractivity contribution in [2.75, 3.05) is 13.1 Å². The quantitative estimate of drug-likeness (QED) is 0.346. The van der Waals surface area contributed by atoms with Crippen LogP contribution in [0.15, 0.2) is 18.2 Å². The van der Waals surface area contributed by atoms with Gasteiger partial charge in [-0.05, 0) is 43.4 Å². The van der Waals surface area contributed by atoms with Crippen LogP contribution in [0.5, 0.6) is 5.75 Å². The fraction of sp³-hybridized carbons (Fsp3) is 0.571. The molecule has 158 valence electrons. The highest BCUT2D eigenvalue weighted by Crippen LogP contribution is 2.21. The van der Waals surface area contributed by atoms with Crippen LogP contribution in [0.4, 0.5) is 0 Å². The third-order valence-corrected chi connectivity index (χ3v) is 5.84. The Bertz CT molecular complexity index is 761. The molecule has 6 N–H and O–H groups in total. The number of benzene rings is 1. The van der Waals surface area contributed by atoms with Gasteiger partial charge in [0.05, 0.1) is 12.1 Å². The van der Waals surface area contributed by atoms with Crippen molar-refractivity contribution >= 4 is 17.6 Å². The van der Waals surface area contributed by atoms with E-state index in [0.29, 0.717) is 24.6 Å². The van der Waals surface area contributed by atoms with Crippen LogP contribution in [0.1, 0.15) is 56.1 Å². The SMILES string of the molecule is N=C(N)c1ccc(CNC(=O)[C@@H]2CCCN2C(=O)CNC2CCCCC2)cc1O. The number of amidine groups is 1. The largest absolute Gasteiger partial charge is 0.507 e. The van der Waals surface area contributed by atoms with Crippen LogP contribution in [0.3, 0.4) is 0 Å². The lowest BCUT2D eigenvalue weighted by Crippen LogP contribution is -2.49. The van der Waals surface area contributed by atoms with Crippen molar-refractivity contribution in [3.63, 3.8) is 0 Å². The van der Waals surface area contributed by atoms with Crippen molar-refractivity contribution in [2.24, 2.45) is 5.73 Å². The lowest BCUT2D eigenvalue weighted by atomic mass is 9.95. The van der Waals surface area contributed by atoms with Gasteiger partial charge in [-0.15, -0.1) is 0 Å². The van der Waals surface area contributed by atoms with Crippen molar-refractivity contribution in [2.45, 2.75) is 63.6 Å². The van der Waals surface area contributed by atoms with Crippen LogP contribution in [0.25, 0.3) is 0 Å². The second-order valence-corrected chi connectivity index (χ2v) is 7.94. The summed E-state index contributed by atoms with van der Waals surface area (Å²) in [6, 6.07) is 4.72.